The van der Waals surface area contributed by atoms with E-state index in [4.69, 9.17) is 0 Å². The van der Waals surface area contributed by atoms with Gasteiger partial charge in [0, 0.05) is 46.1 Å². The number of unbranched alkanes of at least 4 members (excludes halogenated alkanes) is 2. The summed E-state index contributed by atoms with van der Waals surface area (Å²) in [6.45, 7) is 11.7. The molecule has 194 valence electrons. The smallest absolute Gasteiger partial charge is 0.119 e. The molecule has 0 saturated heterocycles. The zero-order valence-corrected chi connectivity index (χ0v) is 23.9. The second-order valence-electron chi connectivity index (χ2n) is 10.6. The number of fused-ring (bicyclic) bond motifs is 1. The van der Waals surface area contributed by atoms with Gasteiger partial charge in [0.1, 0.15) is 6.29 Å². The van der Waals surface area contributed by atoms with Crippen molar-refractivity contribution in [3.8, 4) is 0 Å². The van der Waals surface area contributed by atoms with Crippen LogP contribution >= 0.6 is 25.3 Å². The van der Waals surface area contributed by atoms with Crippen LogP contribution in [0.15, 0.2) is 70.1 Å². The lowest BCUT2D eigenvalue weighted by Gasteiger charge is -2.29. The Bertz CT molecular complexity index is 1140. The van der Waals surface area contributed by atoms with E-state index in [0.29, 0.717) is 18.7 Å². The highest BCUT2D eigenvalue weighted by Gasteiger charge is 2.39. The first kappa shape index (κ1) is 28.4. The van der Waals surface area contributed by atoms with Crippen molar-refractivity contribution in [3.05, 3.63) is 71.5 Å². The molecule has 1 aliphatic heterocycles. The number of thiol groups is 2. The number of benzene rings is 2. The fourth-order valence-corrected chi connectivity index (χ4v) is 5.39. The van der Waals surface area contributed by atoms with Crippen molar-refractivity contribution in [2.75, 3.05) is 23.1 Å². The van der Waals surface area contributed by atoms with Crippen molar-refractivity contribution < 1.29 is 9.28 Å². The Morgan fingerprint density at radius 3 is 2.47 bits per heavy atom. The summed E-state index contributed by atoms with van der Waals surface area (Å²) in [6.07, 6.45) is 10.7. The zero-order valence-electron chi connectivity index (χ0n) is 22.1. The topological polar surface area (TPSA) is 23.6 Å². The minimum absolute atomic E-state index is 0.165. The van der Waals surface area contributed by atoms with Crippen LogP contribution in [0.5, 0.6) is 0 Å². The molecule has 1 heterocycles. The standard InChI is InChI=1S/C30H39FN2OS2/c1-6-33(31)27-16-14-22(35)20-24(27)29(2,3)17-9-8-12-28-30(4,5)25-21-23(36)13-15-26(25)32(28)18-10-7-11-19-34/h8-9,12-16,19-21,35-36H,6-7,10-11,17-18H2,1-5H3/b9-8+,28-12+. The maximum absolute atomic E-state index is 14.6. The maximum atomic E-state index is 14.6. The van der Waals surface area contributed by atoms with Crippen molar-refractivity contribution in [2.45, 2.75) is 80.9 Å². The molecule has 0 amide bonds. The Labute approximate surface area is 227 Å². The first-order valence-corrected chi connectivity index (χ1v) is 13.6. The molecule has 0 fully saturated rings. The average molecular weight is 527 g/mol. The van der Waals surface area contributed by atoms with Crippen LogP contribution in [0.25, 0.3) is 0 Å². The number of aldehydes is 1. The summed E-state index contributed by atoms with van der Waals surface area (Å²) < 4.78 is 14.6. The lowest BCUT2D eigenvalue weighted by molar-refractivity contribution is -0.107. The number of nitrogens with zero attached hydrogens (tertiary/aromatic N) is 2. The highest BCUT2D eigenvalue weighted by molar-refractivity contribution is 7.80. The third kappa shape index (κ3) is 6.20. The molecule has 0 aromatic heterocycles. The number of halogens is 1. The van der Waals surface area contributed by atoms with Crippen LogP contribution < -0.4 is 10.0 Å². The third-order valence-electron chi connectivity index (χ3n) is 7.10. The van der Waals surface area contributed by atoms with Gasteiger partial charge in [0.2, 0.25) is 0 Å². The average Bonchev–Trinajstić information content (AvgIpc) is 3.04. The molecule has 1 aliphatic rings. The third-order valence-corrected chi connectivity index (χ3v) is 7.65. The highest BCUT2D eigenvalue weighted by atomic mass is 32.1. The SMILES string of the molecule is CCN(F)c1ccc(S)cc1C(C)(C)C/C=C/C=C1/N(CCCCC=O)c2ccc(S)cc2C1(C)C. The fourth-order valence-electron chi connectivity index (χ4n) is 4.98. The highest BCUT2D eigenvalue weighted by Crippen LogP contribution is 2.48. The van der Waals surface area contributed by atoms with E-state index in [9.17, 15) is 9.28 Å². The van der Waals surface area contributed by atoms with Crippen LogP contribution in [0.2, 0.25) is 0 Å². The number of allylic oxidation sites excluding steroid dienone is 4. The predicted octanol–water partition coefficient (Wildman–Crippen LogP) is 8.25. The van der Waals surface area contributed by atoms with Gasteiger partial charge >= 0.3 is 0 Å². The van der Waals surface area contributed by atoms with Crippen molar-refractivity contribution in [1.82, 2.24) is 0 Å². The van der Waals surface area contributed by atoms with Gasteiger partial charge in [0.05, 0.1) is 5.69 Å². The van der Waals surface area contributed by atoms with Crippen LogP contribution in [0.3, 0.4) is 0 Å². The molecule has 3 rings (SSSR count). The molecule has 2 aromatic carbocycles. The molecule has 0 radical (unpaired) electrons. The summed E-state index contributed by atoms with van der Waals surface area (Å²) in [5, 5.41) is 0.798. The number of carbonyl (C=O) groups is 1. The molecular formula is C30H39FN2OS2. The minimum atomic E-state index is -0.272. The van der Waals surface area contributed by atoms with E-state index in [1.54, 1.807) is 6.92 Å². The predicted molar refractivity (Wildman–Crippen MR) is 157 cm³/mol. The summed E-state index contributed by atoms with van der Waals surface area (Å²) in [4.78, 5) is 15.0. The lowest BCUT2D eigenvalue weighted by atomic mass is 9.80. The number of hydrogen-bond acceptors (Lipinski definition) is 5. The Hall–Kier alpha value is -2.18. The largest absolute Gasteiger partial charge is 0.344 e. The van der Waals surface area contributed by atoms with E-state index in [1.165, 1.54) is 16.9 Å². The van der Waals surface area contributed by atoms with Crippen molar-refractivity contribution in [1.29, 1.82) is 0 Å². The number of anilines is 2. The number of hydrogen-bond donors (Lipinski definition) is 2. The molecule has 0 spiro atoms. The second-order valence-corrected chi connectivity index (χ2v) is 11.6. The van der Waals surface area contributed by atoms with Gasteiger partial charge < -0.3 is 9.69 Å². The van der Waals surface area contributed by atoms with E-state index < -0.39 is 0 Å². The van der Waals surface area contributed by atoms with Gasteiger partial charge in [-0.05, 0) is 85.2 Å². The lowest BCUT2D eigenvalue weighted by Crippen LogP contribution is -2.27. The van der Waals surface area contributed by atoms with E-state index in [2.05, 4.69) is 88.2 Å². The van der Waals surface area contributed by atoms with E-state index in [1.807, 2.05) is 24.3 Å². The second kappa shape index (κ2) is 11.9. The molecular weight excluding hydrogens is 487 g/mol. The molecule has 3 nitrogen and oxygen atoms in total. The Morgan fingerprint density at radius 1 is 1.08 bits per heavy atom. The minimum Gasteiger partial charge on any atom is -0.344 e. The molecule has 0 saturated carbocycles. The van der Waals surface area contributed by atoms with Gasteiger partial charge in [-0.2, -0.15) is 0 Å². The number of rotatable bonds is 11. The Morgan fingerprint density at radius 2 is 1.78 bits per heavy atom. The quantitative estimate of drug-likeness (QED) is 0.133. The molecule has 2 aromatic rings. The van der Waals surface area contributed by atoms with Gasteiger partial charge in [0.15, 0.2) is 0 Å². The summed E-state index contributed by atoms with van der Waals surface area (Å²) in [5.74, 6) is 0. The van der Waals surface area contributed by atoms with E-state index in [-0.39, 0.29) is 10.8 Å². The molecule has 0 unspecified atom stereocenters. The monoisotopic (exact) mass is 526 g/mol. The van der Waals surface area contributed by atoms with E-state index >= 15 is 0 Å². The van der Waals surface area contributed by atoms with Gasteiger partial charge in [-0.1, -0.05) is 44.3 Å². The number of carbonyl (C=O) groups excluding carboxylic acids is 1. The van der Waals surface area contributed by atoms with Gasteiger partial charge in [-0.25, -0.2) is 5.12 Å². The van der Waals surface area contributed by atoms with Crippen molar-refractivity contribution >= 4 is 42.9 Å². The molecule has 0 N–H and O–H groups in total. The Balaban J connectivity index is 1.87. The van der Waals surface area contributed by atoms with Crippen LogP contribution in [0.4, 0.5) is 15.9 Å². The molecule has 0 atom stereocenters. The van der Waals surface area contributed by atoms with Gasteiger partial charge in [-0.3, -0.25) is 0 Å². The molecule has 0 aliphatic carbocycles. The first-order valence-electron chi connectivity index (χ1n) is 12.7. The van der Waals surface area contributed by atoms with Crippen LogP contribution in [-0.4, -0.2) is 19.4 Å². The summed E-state index contributed by atoms with van der Waals surface area (Å²) in [7, 11) is 0. The summed E-state index contributed by atoms with van der Waals surface area (Å²) in [6, 6.07) is 12.0. The Kier molecular flexibility index (Phi) is 9.39. The molecule has 0 bridgehead atoms. The molecule has 36 heavy (non-hydrogen) atoms. The van der Waals surface area contributed by atoms with Gasteiger partial charge in [-0.15, -0.1) is 25.3 Å². The van der Waals surface area contributed by atoms with Gasteiger partial charge in [0.25, 0.3) is 0 Å². The normalized spacial score (nSPS) is 16.1. The maximum Gasteiger partial charge on any atom is 0.119 e. The van der Waals surface area contributed by atoms with Crippen LogP contribution in [-0.2, 0) is 15.6 Å². The van der Waals surface area contributed by atoms with Crippen LogP contribution in [0.1, 0.15) is 71.4 Å². The van der Waals surface area contributed by atoms with Crippen molar-refractivity contribution in [2.24, 2.45) is 0 Å². The van der Waals surface area contributed by atoms with E-state index in [0.717, 1.165) is 52.6 Å². The fraction of sp³-hybridized carbons (Fsp3) is 0.433. The molecule has 6 heteroatoms. The van der Waals surface area contributed by atoms with Crippen LogP contribution in [0, 0.1) is 0 Å². The first-order chi connectivity index (χ1) is 17.0. The summed E-state index contributed by atoms with van der Waals surface area (Å²) >= 11 is 9.08. The zero-order chi connectivity index (χ0) is 26.5. The summed E-state index contributed by atoms with van der Waals surface area (Å²) in [5.41, 5.74) is 4.82. The van der Waals surface area contributed by atoms with Crippen molar-refractivity contribution in [3.63, 3.8) is 0 Å².